The minimum Gasteiger partial charge on any atom is -0.496 e. The molecular weight excluding hydrogens is 451 g/mol. The molecule has 6 nitrogen and oxygen atoms in total. The number of nitrogens with zero attached hydrogens (tertiary/aromatic N) is 1. The summed E-state index contributed by atoms with van der Waals surface area (Å²) in [6, 6.07) is 17.8. The molecule has 0 aliphatic rings. The van der Waals surface area contributed by atoms with Gasteiger partial charge < -0.3 is 14.8 Å². The molecule has 1 heterocycles. The fraction of sp³-hybridized carbons (Fsp3) is 0.125. The lowest BCUT2D eigenvalue weighted by molar-refractivity contribution is -0.147. The Kier molecular flexibility index (Phi) is 7.87. The molecule has 0 aliphatic carbocycles. The number of nitrogens with one attached hydrogen (secondary N) is 1. The zero-order valence-electron chi connectivity index (χ0n) is 17.3. The third-order valence-corrected chi connectivity index (χ3v) is 4.94. The standard InChI is InChI=1S/C24H20Cl2N2O4/c1-15(23(29)28-22-20(26)13-18(25)14-27-22)32-24(30)19(16-8-4-3-5-9-16)12-17-10-6-7-11-21(17)31-2/h3-15H,1-2H3,(H,27,28,29)/b19-12+. The average molecular weight is 471 g/mol. The van der Waals surface area contributed by atoms with Crippen LogP contribution in [0.4, 0.5) is 5.82 Å². The summed E-state index contributed by atoms with van der Waals surface area (Å²) in [6.45, 7) is 1.46. The largest absolute Gasteiger partial charge is 0.496 e. The number of hydrogen-bond acceptors (Lipinski definition) is 5. The summed E-state index contributed by atoms with van der Waals surface area (Å²) >= 11 is 11.9. The number of para-hydroxylation sites is 1. The Morgan fingerprint density at radius 1 is 1.06 bits per heavy atom. The van der Waals surface area contributed by atoms with Gasteiger partial charge in [-0.2, -0.15) is 0 Å². The molecule has 0 fully saturated rings. The number of amides is 1. The molecule has 0 bridgehead atoms. The van der Waals surface area contributed by atoms with Crippen molar-refractivity contribution in [3.8, 4) is 5.75 Å². The van der Waals surface area contributed by atoms with Crippen molar-refractivity contribution in [1.29, 1.82) is 0 Å². The van der Waals surface area contributed by atoms with Crippen LogP contribution < -0.4 is 10.1 Å². The van der Waals surface area contributed by atoms with Gasteiger partial charge in [0.2, 0.25) is 0 Å². The van der Waals surface area contributed by atoms with E-state index < -0.39 is 18.0 Å². The maximum Gasteiger partial charge on any atom is 0.339 e. The Labute approximate surface area is 195 Å². The van der Waals surface area contributed by atoms with Gasteiger partial charge in [0.25, 0.3) is 5.91 Å². The number of rotatable bonds is 7. The molecule has 32 heavy (non-hydrogen) atoms. The predicted octanol–water partition coefficient (Wildman–Crippen LogP) is 5.51. The monoisotopic (exact) mass is 470 g/mol. The molecule has 0 saturated heterocycles. The summed E-state index contributed by atoms with van der Waals surface area (Å²) < 4.78 is 10.8. The van der Waals surface area contributed by atoms with Gasteiger partial charge in [-0.25, -0.2) is 9.78 Å². The summed E-state index contributed by atoms with van der Waals surface area (Å²) in [5.41, 5.74) is 1.61. The molecule has 0 spiro atoms. The highest BCUT2D eigenvalue weighted by Gasteiger charge is 2.23. The third-order valence-electron chi connectivity index (χ3n) is 4.45. The highest BCUT2D eigenvalue weighted by atomic mass is 35.5. The van der Waals surface area contributed by atoms with Crippen LogP contribution in [-0.4, -0.2) is 30.1 Å². The van der Waals surface area contributed by atoms with Gasteiger partial charge in [0.05, 0.1) is 22.7 Å². The van der Waals surface area contributed by atoms with Crippen molar-refractivity contribution < 1.29 is 19.1 Å². The lowest BCUT2D eigenvalue weighted by Gasteiger charge is -2.16. The lowest BCUT2D eigenvalue weighted by Crippen LogP contribution is -2.30. The number of benzene rings is 2. The van der Waals surface area contributed by atoms with Crippen molar-refractivity contribution in [2.75, 3.05) is 12.4 Å². The van der Waals surface area contributed by atoms with Crippen LogP contribution in [0.15, 0.2) is 66.9 Å². The topological polar surface area (TPSA) is 77.5 Å². The fourth-order valence-electron chi connectivity index (χ4n) is 2.82. The molecule has 164 valence electrons. The van der Waals surface area contributed by atoms with Crippen LogP contribution in [0.5, 0.6) is 5.75 Å². The van der Waals surface area contributed by atoms with Gasteiger partial charge in [-0.1, -0.05) is 71.7 Å². The first-order chi connectivity index (χ1) is 15.4. The molecule has 1 amide bonds. The number of carbonyl (C=O) groups is 2. The highest BCUT2D eigenvalue weighted by Crippen LogP contribution is 2.26. The maximum absolute atomic E-state index is 13.1. The van der Waals surface area contributed by atoms with Crippen molar-refractivity contribution in [3.05, 3.63) is 88.0 Å². The zero-order valence-corrected chi connectivity index (χ0v) is 18.9. The number of halogens is 2. The van der Waals surface area contributed by atoms with Crippen LogP contribution in [0.1, 0.15) is 18.1 Å². The lowest BCUT2D eigenvalue weighted by atomic mass is 10.0. The molecule has 2 aromatic carbocycles. The van der Waals surface area contributed by atoms with E-state index in [2.05, 4.69) is 10.3 Å². The Morgan fingerprint density at radius 3 is 2.44 bits per heavy atom. The molecule has 1 N–H and O–H groups in total. The van der Waals surface area contributed by atoms with E-state index in [0.29, 0.717) is 21.9 Å². The van der Waals surface area contributed by atoms with Gasteiger partial charge in [-0.05, 0) is 30.7 Å². The van der Waals surface area contributed by atoms with Gasteiger partial charge in [0, 0.05) is 11.8 Å². The van der Waals surface area contributed by atoms with E-state index in [9.17, 15) is 9.59 Å². The van der Waals surface area contributed by atoms with E-state index in [1.807, 2.05) is 36.4 Å². The Hall–Kier alpha value is -3.35. The number of ether oxygens (including phenoxy) is 2. The second-order valence-electron chi connectivity index (χ2n) is 6.69. The molecule has 0 radical (unpaired) electrons. The first-order valence-corrected chi connectivity index (χ1v) is 10.4. The van der Waals surface area contributed by atoms with Crippen molar-refractivity contribution in [1.82, 2.24) is 4.98 Å². The summed E-state index contributed by atoms with van der Waals surface area (Å²) in [4.78, 5) is 29.6. The predicted molar refractivity (Wildman–Crippen MR) is 126 cm³/mol. The summed E-state index contributed by atoms with van der Waals surface area (Å²) in [7, 11) is 1.55. The van der Waals surface area contributed by atoms with Gasteiger partial charge in [0.1, 0.15) is 5.75 Å². The first-order valence-electron chi connectivity index (χ1n) is 9.62. The number of hydrogen-bond donors (Lipinski definition) is 1. The van der Waals surface area contributed by atoms with E-state index in [0.717, 1.165) is 0 Å². The molecule has 0 saturated carbocycles. The third kappa shape index (κ3) is 5.87. The number of pyridine rings is 1. The van der Waals surface area contributed by atoms with E-state index in [-0.39, 0.29) is 16.4 Å². The molecular formula is C24H20Cl2N2O4. The van der Waals surface area contributed by atoms with Crippen LogP contribution in [0, 0.1) is 0 Å². The number of methoxy groups -OCH3 is 1. The number of esters is 1. The van der Waals surface area contributed by atoms with E-state index in [4.69, 9.17) is 32.7 Å². The first kappa shape index (κ1) is 23.3. The van der Waals surface area contributed by atoms with Gasteiger partial charge in [-0.15, -0.1) is 0 Å². The van der Waals surface area contributed by atoms with Crippen LogP contribution in [-0.2, 0) is 14.3 Å². The second-order valence-corrected chi connectivity index (χ2v) is 7.53. The summed E-state index contributed by atoms with van der Waals surface area (Å²) in [5.74, 6) is -0.528. The molecule has 8 heteroatoms. The minimum absolute atomic E-state index is 0.122. The van der Waals surface area contributed by atoms with E-state index in [1.54, 1.807) is 31.4 Å². The quantitative estimate of drug-likeness (QED) is 0.280. The molecule has 0 aliphatic heterocycles. The van der Waals surface area contributed by atoms with E-state index in [1.165, 1.54) is 19.2 Å². The van der Waals surface area contributed by atoms with Gasteiger partial charge in [-0.3, -0.25) is 4.79 Å². The molecule has 3 rings (SSSR count). The molecule has 1 unspecified atom stereocenters. The van der Waals surface area contributed by atoms with Gasteiger partial charge in [0.15, 0.2) is 11.9 Å². The molecule has 1 atom stereocenters. The normalized spacial score (nSPS) is 12.1. The van der Waals surface area contributed by atoms with Crippen molar-refractivity contribution in [3.63, 3.8) is 0 Å². The minimum atomic E-state index is -1.11. The number of carbonyl (C=O) groups excluding carboxylic acids is 2. The Morgan fingerprint density at radius 2 is 1.75 bits per heavy atom. The molecule has 3 aromatic rings. The van der Waals surface area contributed by atoms with Crippen LogP contribution in [0.3, 0.4) is 0 Å². The van der Waals surface area contributed by atoms with Crippen LogP contribution >= 0.6 is 23.2 Å². The summed E-state index contributed by atoms with van der Waals surface area (Å²) in [5, 5.41) is 3.04. The van der Waals surface area contributed by atoms with Crippen molar-refractivity contribution in [2.24, 2.45) is 0 Å². The van der Waals surface area contributed by atoms with Crippen LogP contribution in [0.25, 0.3) is 11.6 Å². The highest BCUT2D eigenvalue weighted by molar-refractivity contribution is 6.36. The smallest absolute Gasteiger partial charge is 0.339 e. The maximum atomic E-state index is 13.1. The SMILES string of the molecule is COc1ccccc1/C=C(/C(=O)OC(C)C(=O)Nc1ncc(Cl)cc1Cl)c1ccccc1. The van der Waals surface area contributed by atoms with Gasteiger partial charge >= 0.3 is 5.97 Å². The fourth-order valence-corrected chi connectivity index (χ4v) is 3.25. The summed E-state index contributed by atoms with van der Waals surface area (Å²) in [6.07, 6.45) is 1.91. The number of aromatic nitrogens is 1. The van der Waals surface area contributed by atoms with Crippen molar-refractivity contribution >= 4 is 52.5 Å². The Balaban J connectivity index is 1.83. The Bertz CT molecular complexity index is 1150. The second kappa shape index (κ2) is 10.8. The van der Waals surface area contributed by atoms with Crippen LogP contribution in [0.2, 0.25) is 10.0 Å². The zero-order chi connectivity index (χ0) is 23.1. The van der Waals surface area contributed by atoms with Crippen molar-refractivity contribution in [2.45, 2.75) is 13.0 Å². The molecule has 1 aromatic heterocycles. The van der Waals surface area contributed by atoms with E-state index >= 15 is 0 Å². The number of anilines is 1. The average Bonchev–Trinajstić information content (AvgIpc) is 2.79.